The lowest BCUT2D eigenvalue weighted by molar-refractivity contribution is -0.122. The summed E-state index contributed by atoms with van der Waals surface area (Å²) in [5.74, 6) is 1.14. The molecular formula is C12H25NO. The Balaban J connectivity index is 3.84. The van der Waals surface area contributed by atoms with Crippen LogP contribution in [0.15, 0.2) is 0 Å². The van der Waals surface area contributed by atoms with Crippen molar-refractivity contribution in [2.45, 2.75) is 48.0 Å². The quantitative estimate of drug-likeness (QED) is 0.741. The lowest BCUT2D eigenvalue weighted by Gasteiger charge is -2.26. The van der Waals surface area contributed by atoms with Crippen molar-refractivity contribution in [2.75, 3.05) is 6.54 Å². The molecule has 0 aromatic heterocycles. The van der Waals surface area contributed by atoms with Crippen molar-refractivity contribution in [1.29, 1.82) is 0 Å². The highest BCUT2D eigenvalue weighted by atomic mass is 16.1. The normalized spacial score (nSPS) is 14.2. The van der Waals surface area contributed by atoms with Crippen LogP contribution in [0.4, 0.5) is 0 Å². The van der Waals surface area contributed by atoms with Gasteiger partial charge in [-0.25, -0.2) is 0 Å². The van der Waals surface area contributed by atoms with Crippen molar-refractivity contribution in [1.82, 2.24) is 5.32 Å². The van der Waals surface area contributed by atoms with Crippen molar-refractivity contribution < 1.29 is 4.79 Å². The number of nitrogens with one attached hydrogen (secondary N) is 1. The Morgan fingerprint density at radius 1 is 1.21 bits per heavy atom. The molecule has 0 rings (SSSR count). The third-order valence-corrected chi connectivity index (χ3v) is 2.68. The van der Waals surface area contributed by atoms with Crippen LogP contribution >= 0.6 is 0 Å². The van der Waals surface area contributed by atoms with Crippen LogP contribution < -0.4 is 5.32 Å². The van der Waals surface area contributed by atoms with Gasteiger partial charge in [-0.3, -0.25) is 4.79 Å². The van der Waals surface area contributed by atoms with Gasteiger partial charge in [-0.1, -0.05) is 41.5 Å². The Morgan fingerprint density at radius 2 is 1.71 bits per heavy atom. The van der Waals surface area contributed by atoms with E-state index in [4.69, 9.17) is 0 Å². The summed E-state index contributed by atoms with van der Waals surface area (Å²) in [4.78, 5) is 11.5. The van der Waals surface area contributed by atoms with E-state index in [0.717, 1.165) is 6.54 Å². The molecule has 84 valence electrons. The molecule has 1 atom stereocenters. The molecule has 0 bridgehead atoms. The first-order chi connectivity index (χ1) is 6.23. The monoisotopic (exact) mass is 199 g/mol. The Bertz CT molecular complexity index is 179. The van der Waals surface area contributed by atoms with E-state index in [-0.39, 0.29) is 11.3 Å². The highest BCUT2D eigenvalue weighted by Gasteiger charge is 2.22. The van der Waals surface area contributed by atoms with Crippen LogP contribution in [0.25, 0.3) is 0 Å². The molecular weight excluding hydrogens is 174 g/mol. The fourth-order valence-corrected chi connectivity index (χ4v) is 0.974. The highest BCUT2D eigenvalue weighted by Crippen LogP contribution is 2.27. The number of hydrogen-bond acceptors (Lipinski definition) is 1. The minimum absolute atomic E-state index is 0.182. The van der Waals surface area contributed by atoms with Crippen LogP contribution in [0.1, 0.15) is 48.0 Å². The minimum Gasteiger partial charge on any atom is -0.356 e. The average molecular weight is 199 g/mol. The zero-order chi connectivity index (χ0) is 11.4. The third-order valence-electron chi connectivity index (χ3n) is 2.68. The molecule has 0 aliphatic heterocycles. The fraction of sp³-hybridized carbons (Fsp3) is 0.917. The zero-order valence-corrected chi connectivity index (χ0v) is 10.5. The summed E-state index contributed by atoms with van der Waals surface area (Å²) in [6.45, 7) is 13.7. The maximum Gasteiger partial charge on any atom is 0.220 e. The van der Waals surface area contributed by atoms with E-state index in [2.05, 4.69) is 46.9 Å². The Kier molecular flexibility index (Phi) is 5.17. The summed E-state index contributed by atoms with van der Waals surface area (Å²) in [7, 11) is 0. The summed E-state index contributed by atoms with van der Waals surface area (Å²) < 4.78 is 0. The summed E-state index contributed by atoms with van der Waals surface area (Å²) in [5.41, 5.74) is 0.217. The van der Waals surface area contributed by atoms with Gasteiger partial charge < -0.3 is 5.32 Å². The Morgan fingerprint density at radius 3 is 2.07 bits per heavy atom. The van der Waals surface area contributed by atoms with Gasteiger partial charge in [0.05, 0.1) is 0 Å². The van der Waals surface area contributed by atoms with Crippen molar-refractivity contribution in [3.8, 4) is 0 Å². The van der Waals surface area contributed by atoms with Gasteiger partial charge in [0.1, 0.15) is 0 Å². The van der Waals surface area contributed by atoms with Gasteiger partial charge in [0.2, 0.25) is 5.91 Å². The largest absolute Gasteiger partial charge is 0.356 e. The molecule has 0 heterocycles. The van der Waals surface area contributed by atoms with Crippen LogP contribution in [0.2, 0.25) is 0 Å². The van der Waals surface area contributed by atoms with Crippen LogP contribution in [0.5, 0.6) is 0 Å². The molecule has 0 aromatic rings. The van der Waals surface area contributed by atoms with Gasteiger partial charge in [0.15, 0.2) is 0 Å². The third kappa shape index (κ3) is 6.01. The van der Waals surface area contributed by atoms with Gasteiger partial charge in [-0.05, 0) is 17.3 Å². The number of hydrogen-bond donors (Lipinski definition) is 1. The number of amides is 1. The van der Waals surface area contributed by atoms with Crippen LogP contribution in [0, 0.1) is 17.3 Å². The predicted octanol–water partition coefficient (Wildman–Crippen LogP) is 2.83. The minimum atomic E-state index is 0.182. The molecule has 2 heteroatoms. The standard InChI is InChI=1S/C12H25NO/c1-9(2)8-13-11(14)7-10(3)12(4,5)6/h9-10H,7-8H2,1-6H3,(H,13,14)/t10-/m1/s1. The summed E-state index contributed by atoms with van der Waals surface area (Å²) in [5, 5.41) is 2.95. The van der Waals surface area contributed by atoms with E-state index in [1.54, 1.807) is 0 Å². The van der Waals surface area contributed by atoms with Crippen molar-refractivity contribution in [2.24, 2.45) is 17.3 Å². The van der Waals surface area contributed by atoms with Gasteiger partial charge in [0.25, 0.3) is 0 Å². The van der Waals surface area contributed by atoms with Gasteiger partial charge >= 0.3 is 0 Å². The lowest BCUT2D eigenvalue weighted by atomic mass is 9.80. The van der Waals surface area contributed by atoms with Crippen molar-refractivity contribution in [3.05, 3.63) is 0 Å². The van der Waals surface area contributed by atoms with Crippen molar-refractivity contribution in [3.63, 3.8) is 0 Å². The van der Waals surface area contributed by atoms with Gasteiger partial charge in [0, 0.05) is 13.0 Å². The first-order valence-electron chi connectivity index (χ1n) is 5.50. The Hall–Kier alpha value is -0.530. The molecule has 0 aliphatic carbocycles. The molecule has 0 aromatic carbocycles. The molecule has 0 saturated carbocycles. The highest BCUT2D eigenvalue weighted by molar-refractivity contribution is 5.76. The van der Waals surface area contributed by atoms with E-state index in [1.165, 1.54) is 0 Å². The topological polar surface area (TPSA) is 29.1 Å². The van der Waals surface area contributed by atoms with E-state index in [0.29, 0.717) is 18.3 Å². The summed E-state index contributed by atoms with van der Waals surface area (Å²) in [6.07, 6.45) is 0.635. The van der Waals surface area contributed by atoms with Crippen molar-refractivity contribution >= 4 is 5.91 Å². The summed E-state index contributed by atoms with van der Waals surface area (Å²) >= 11 is 0. The molecule has 0 unspecified atom stereocenters. The maximum absolute atomic E-state index is 11.5. The summed E-state index contributed by atoms with van der Waals surface area (Å²) in [6, 6.07) is 0. The van der Waals surface area contributed by atoms with Crippen LogP contribution in [-0.4, -0.2) is 12.5 Å². The lowest BCUT2D eigenvalue weighted by Crippen LogP contribution is -2.31. The molecule has 2 nitrogen and oxygen atoms in total. The van der Waals surface area contributed by atoms with Crippen LogP contribution in [-0.2, 0) is 4.79 Å². The smallest absolute Gasteiger partial charge is 0.220 e. The zero-order valence-electron chi connectivity index (χ0n) is 10.5. The molecule has 0 fully saturated rings. The number of carbonyl (C=O) groups excluding carboxylic acids is 1. The van der Waals surface area contributed by atoms with Crippen LogP contribution in [0.3, 0.4) is 0 Å². The van der Waals surface area contributed by atoms with E-state index >= 15 is 0 Å². The molecule has 1 amide bonds. The fourth-order valence-electron chi connectivity index (χ4n) is 0.974. The number of carbonyl (C=O) groups is 1. The molecule has 14 heavy (non-hydrogen) atoms. The molecule has 0 spiro atoms. The second-order valence-electron chi connectivity index (χ2n) is 5.67. The van der Waals surface area contributed by atoms with E-state index in [1.807, 2.05) is 0 Å². The van der Waals surface area contributed by atoms with Gasteiger partial charge in [-0.15, -0.1) is 0 Å². The van der Waals surface area contributed by atoms with E-state index in [9.17, 15) is 4.79 Å². The first-order valence-corrected chi connectivity index (χ1v) is 5.50. The number of rotatable bonds is 4. The SMILES string of the molecule is CC(C)CNC(=O)C[C@@H](C)C(C)(C)C. The second-order valence-corrected chi connectivity index (χ2v) is 5.67. The first kappa shape index (κ1) is 13.5. The van der Waals surface area contributed by atoms with E-state index < -0.39 is 0 Å². The van der Waals surface area contributed by atoms with Gasteiger partial charge in [-0.2, -0.15) is 0 Å². The maximum atomic E-state index is 11.5. The molecule has 1 N–H and O–H groups in total. The molecule has 0 aliphatic rings. The Labute approximate surface area is 88.5 Å². The molecule has 0 saturated heterocycles. The molecule has 0 radical (unpaired) electrons. The average Bonchev–Trinajstić information content (AvgIpc) is 1.99. The predicted molar refractivity (Wildman–Crippen MR) is 61.1 cm³/mol. The second kappa shape index (κ2) is 5.38.